The topological polar surface area (TPSA) is 332 Å². The number of allylic oxidation sites excluding steroid dienone is 2. The first-order valence-corrected chi connectivity index (χ1v) is 21.2. The zero-order valence-electron chi connectivity index (χ0n) is 34.5. The predicted molar refractivity (Wildman–Crippen MR) is 213 cm³/mol. The van der Waals surface area contributed by atoms with Gasteiger partial charge in [0, 0.05) is 61.4 Å². The Hall–Kier alpha value is -4.55. The van der Waals surface area contributed by atoms with E-state index in [2.05, 4.69) is 5.32 Å². The first-order valence-electron chi connectivity index (χ1n) is 21.2. The number of primary amides is 1. The molecule has 6 heterocycles. The molecule has 7 rings (SSSR count). The van der Waals surface area contributed by atoms with Crippen LogP contribution in [0.2, 0.25) is 0 Å². The number of rotatable bonds is 15. The number of nitrogens with one attached hydrogen (secondary N) is 1. The molecule has 1 spiro atoms. The number of amides is 2. The predicted octanol–water partition coefficient (Wildman–Crippen LogP) is 4.02. The van der Waals surface area contributed by atoms with Crippen molar-refractivity contribution in [3.63, 3.8) is 0 Å². The number of hydrogen-bond acceptors (Lipinski definition) is 8. The number of carbonyl (C=O) groups excluding carboxylic acids is 3. The van der Waals surface area contributed by atoms with Gasteiger partial charge in [0.25, 0.3) is 0 Å². The number of aliphatic carboxylic acids is 5. The summed E-state index contributed by atoms with van der Waals surface area (Å²) in [7, 11) is 0. The standard InChI is InChI=1S/C42H55N6O13.Ni/c1-40(16-30(43)50)22(5-9-33(54)55)27-15-42-41(2,17-31(51)48-42)23(6-10-34(56)57)26(47-42)13-24-20(11-35(58)59)19(4-8-32(52)53)39(45-24)37-28(49)7-3-18-21(12-36(60)61)25(46-38(18)37)14-29(40)44-27;/h13,18-23,25-27,29,39H,3-12,14-17H2,1-2H3,(H9,43,46,48,49,50,51,52,53,54,55,56,57,58,59,60,61);/q-3;/p-1/b24-13-;/t18-,19-,20-,21-,22+,23+,25+,26?,27-,29?,39+,40-,41-,42-;/m0./s1. The molecule has 0 saturated carbocycles. The normalized spacial score (nSPS) is 40.0. The first kappa shape index (κ1) is 46.9. The minimum absolute atomic E-state index is 0. The van der Waals surface area contributed by atoms with Crippen molar-refractivity contribution in [2.75, 3.05) is 0 Å². The van der Waals surface area contributed by atoms with E-state index >= 15 is 0 Å². The quantitative estimate of drug-likeness (QED) is 0.114. The van der Waals surface area contributed by atoms with E-state index in [0.717, 1.165) is 0 Å². The van der Waals surface area contributed by atoms with Crippen LogP contribution in [0, 0.1) is 46.3 Å². The van der Waals surface area contributed by atoms with Crippen LogP contribution in [0.25, 0.3) is 21.3 Å². The molecule has 62 heavy (non-hydrogen) atoms. The molecule has 0 aromatic rings. The first-order chi connectivity index (χ1) is 28.7. The summed E-state index contributed by atoms with van der Waals surface area (Å²) in [5.41, 5.74) is 3.19. The molecule has 14 atom stereocenters. The summed E-state index contributed by atoms with van der Waals surface area (Å²) >= 11 is 0. The summed E-state index contributed by atoms with van der Waals surface area (Å²) in [5.74, 6) is -11.0. The van der Waals surface area contributed by atoms with Gasteiger partial charge in [0.15, 0.2) is 5.78 Å². The molecule has 20 heteroatoms. The molecule has 1 aliphatic carbocycles. The molecule has 6 aliphatic heterocycles. The molecule has 0 radical (unpaired) electrons. The van der Waals surface area contributed by atoms with Gasteiger partial charge in [0.1, 0.15) is 0 Å². The number of carboxylic acid groups (broad SMARTS) is 5. The third-order valence-electron chi connectivity index (χ3n) is 15.4. The minimum atomic E-state index is -1.40. The van der Waals surface area contributed by atoms with Crippen molar-refractivity contribution in [1.29, 1.82) is 0 Å². The van der Waals surface area contributed by atoms with Crippen LogP contribution in [0.1, 0.15) is 104 Å². The molecular weight excluding hydrogens is 855 g/mol. The molecular formula is C42H54N6NiO13-4. The monoisotopic (exact) mass is 908 g/mol. The molecule has 8 bridgehead atoms. The maximum absolute atomic E-state index is 14.2. The summed E-state index contributed by atoms with van der Waals surface area (Å²) in [4.78, 5) is 102. The van der Waals surface area contributed by atoms with Crippen LogP contribution in [0.15, 0.2) is 23.0 Å². The zero-order valence-corrected chi connectivity index (χ0v) is 35.5. The summed E-state index contributed by atoms with van der Waals surface area (Å²) in [6.07, 6.45) is 0.214. The third-order valence-corrected chi connectivity index (χ3v) is 15.4. The van der Waals surface area contributed by atoms with Crippen molar-refractivity contribution >= 4 is 47.4 Å². The van der Waals surface area contributed by atoms with Crippen LogP contribution in [0.4, 0.5) is 0 Å². The number of nitrogens with zero attached hydrogens (tertiary/aromatic N) is 4. The van der Waals surface area contributed by atoms with Gasteiger partial charge in [-0.25, -0.2) is 0 Å². The number of ketones is 1. The Labute approximate surface area is 368 Å². The molecule has 344 valence electrons. The van der Waals surface area contributed by atoms with Gasteiger partial charge in [-0.3, -0.25) is 38.4 Å². The summed E-state index contributed by atoms with van der Waals surface area (Å²) in [6.45, 7) is 3.66. The molecule has 0 aromatic heterocycles. The molecule has 7 aliphatic rings. The molecule has 2 amide bonds. The molecule has 8 N–H and O–H groups in total. The van der Waals surface area contributed by atoms with E-state index in [1.807, 2.05) is 13.8 Å². The van der Waals surface area contributed by atoms with Crippen LogP contribution in [-0.4, -0.2) is 109 Å². The fourth-order valence-corrected chi connectivity index (χ4v) is 12.7. The molecule has 5 fully saturated rings. The van der Waals surface area contributed by atoms with Crippen LogP contribution >= 0.6 is 0 Å². The van der Waals surface area contributed by atoms with E-state index in [4.69, 9.17) is 27.0 Å². The van der Waals surface area contributed by atoms with Gasteiger partial charge < -0.3 is 57.9 Å². The third kappa shape index (κ3) is 8.46. The van der Waals surface area contributed by atoms with Crippen molar-refractivity contribution in [2.24, 2.45) is 52.1 Å². The van der Waals surface area contributed by atoms with Crippen molar-refractivity contribution in [1.82, 2.24) is 5.32 Å². The van der Waals surface area contributed by atoms with E-state index in [1.54, 1.807) is 6.08 Å². The molecule has 19 nitrogen and oxygen atoms in total. The second-order valence-corrected chi connectivity index (χ2v) is 18.8. The van der Waals surface area contributed by atoms with E-state index in [-0.39, 0.29) is 123 Å². The summed E-state index contributed by atoms with van der Waals surface area (Å²) in [6, 6.07) is -4.10. The largest absolute Gasteiger partial charge is 0.684 e. The van der Waals surface area contributed by atoms with Gasteiger partial charge >= 0.3 is 29.8 Å². The number of fused-ring (bicyclic) bond motifs is 7. The number of carboxylic acids is 5. The van der Waals surface area contributed by atoms with Gasteiger partial charge in [0.05, 0.1) is 6.42 Å². The molecule has 0 aromatic carbocycles. The average Bonchev–Trinajstić information content (AvgIpc) is 3.83. The summed E-state index contributed by atoms with van der Waals surface area (Å²) in [5, 5.41) is 74.1. The van der Waals surface area contributed by atoms with Crippen LogP contribution in [-0.2, 0) is 54.8 Å². The fraction of sp³-hybridized carbons (Fsp3) is 0.714. The number of carbonyl (C=O) groups is 8. The van der Waals surface area contributed by atoms with Gasteiger partial charge in [0.2, 0.25) is 11.8 Å². The molecule has 5 saturated heterocycles. The second-order valence-electron chi connectivity index (χ2n) is 18.8. The second kappa shape index (κ2) is 17.6. The number of nitrogens with two attached hydrogens (primary N) is 1. The Morgan fingerprint density at radius 2 is 1.45 bits per heavy atom. The van der Waals surface area contributed by atoms with Crippen molar-refractivity contribution in [3.05, 3.63) is 44.3 Å². The van der Waals surface area contributed by atoms with Crippen LogP contribution in [0.5, 0.6) is 0 Å². The van der Waals surface area contributed by atoms with E-state index < -0.39 is 124 Å². The minimum Gasteiger partial charge on any atom is -0.684 e. The Bertz CT molecular complexity index is 1980. The molecule has 2 unspecified atom stereocenters. The number of hydrogen-bond donors (Lipinski definition) is 7. The smallest absolute Gasteiger partial charge is 0.303 e. The van der Waals surface area contributed by atoms with E-state index in [1.165, 1.54) is 0 Å². The Morgan fingerprint density at radius 3 is 2.06 bits per heavy atom. The van der Waals surface area contributed by atoms with Gasteiger partial charge in [-0.1, -0.05) is 38.6 Å². The van der Waals surface area contributed by atoms with Crippen LogP contribution < -0.4 is 11.1 Å². The van der Waals surface area contributed by atoms with Crippen molar-refractivity contribution in [3.8, 4) is 0 Å². The number of Topliss-reactive ketones (excluding diaryl/α,β-unsaturated/α-hetero) is 1. The van der Waals surface area contributed by atoms with Gasteiger partial charge in [-0.05, 0) is 77.3 Å². The van der Waals surface area contributed by atoms with Gasteiger partial charge in [-0.2, -0.15) is 11.4 Å². The fourth-order valence-electron chi connectivity index (χ4n) is 12.7. The maximum atomic E-state index is 14.2. The van der Waals surface area contributed by atoms with Crippen molar-refractivity contribution in [2.45, 2.75) is 140 Å². The zero-order chi connectivity index (χ0) is 44.3. The maximum Gasteiger partial charge on any atom is 0.303 e. The Morgan fingerprint density at radius 1 is 0.823 bits per heavy atom. The van der Waals surface area contributed by atoms with E-state index in [9.17, 15) is 63.9 Å². The summed E-state index contributed by atoms with van der Waals surface area (Å²) < 4.78 is 0. The SMILES string of the molecule is C[C@@]12CC(=O)N[C@@]13C[C@@H]1[N-]C(C[C@H]4[N-]C5=C(C(=O)CC[C@H]5[C@@H]4CC(=O)O)[C@@H]4[N-]/C(=C\C([N-]3)[C@H]2CCC(=O)O)[C@@H](CC(=O)O)[C@@H]4CCC(=O)O)[C@@](C)(CC(N)=O)[C@@H]1CCC(=O)O.[Ni]. The average molecular weight is 910 g/mol. The van der Waals surface area contributed by atoms with Gasteiger partial charge in [-0.15, -0.1) is 30.2 Å². The Balaban J connectivity index is 0.00000641. The Kier molecular flexibility index (Phi) is 13.3. The van der Waals surface area contributed by atoms with E-state index in [0.29, 0.717) is 5.70 Å². The van der Waals surface area contributed by atoms with Crippen molar-refractivity contribution < 1.29 is 80.4 Å². The van der Waals surface area contributed by atoms with Crippen LogP contribution in [0.3, 0.4) is 0 Å².